The number of carbonyl (C=O) groups is 2. The minimum absolute atomic E-state index is 0.0103. The van der Waals surface area contributed by atoms with Gasteiger partial charge in [-0.15, -0.1) is 23.5 Å². The van der Waals surface area contributed by atoms with Gasteiger partial charge in [0.1, 0.15) is 5.88 Å². The second kappa shape index (κ2) is 35.7. The minimum atomic E-state index is -2.75. The third kappa shape index (κ3) is 34.3. The van der Waals surface area contributed by atoms with E-state index >= 15 is 0 Å². The highest BCUT2D eigenvalue weighted by atomic mass is 32.2. The lowest BCUT2D eigenvalue weighted by molar-refractivity contribution is -0.131. The molecule has 0 radical (unpaired) electrons. The topological polar surface area (TPSA) is 128 Å². The van der Waals surface area contributed by atoms with Crippen molar-refractivity contribution >= 4 is 56.9 Å². The van der Waals surface area contributed by atoms with Crippen molar-refractivity contribution in [3.63, 3.8) is 0 Å². The second-order valence-electron chi connectivity index (χ2n) is 30.6. The molecule has 0 unspecified atom stereocenters. The molecule has 0 atom stereocenters. The van der Waals surface area contributed by atoms with Crippen LogP contribution in [0.25, 0.3) is 0 Å². The first-order valence-corrected chi connectivity index (χ1v) is 36.2. The zero-order chi connectivity index (χ0) is 63.2. The van der Waals surface area contributed by atoms with Crippen LogP contribution < -0.4 is 5.32 Å². The Hall–Kier alpha value is -0.460. The predicted molar refractivity (Wildman–Crippen MR) is 358 cm³/mol. The van der Waals surface area contributed by atoms with Crippen LogP contribution in [0.1, 0.15) is 180 Å². The molecule has 8 aliphatic rings. The van der Waals surface area contributed by atoms with Crippen LogP contribution in [0, 0.1) is 0 Å². The smallest absolute Gasteiger partial charge is 0.235 e. The van der Waals surface area contributed by atoms with Crippen molar-refractivity contribution in [2.45, 2.75) is 224 Å². The zero-order valence-corrected chi connectivity index (χ0v) is 61.0. The van der Waals surface area contributed by atoms with E-state index in [0.29, 0.717) is 47.7 Å². The van der Waals surface area contributed by atoms with Crippen molar-refractivity contribution in [1.82, 2.24) is 49.4 Å². The number of sulfone groups is 1. The summed E-state index contributed by atoms with van der Waals surface area (Å²) in [5, 5.41) is 2.76. The SMILES string of the molecule is CC(=O)N1CCN(C(C)(C)C)CC1.CC(C)(C)N1CCCSC1.CC(C)(C)N1CCOC1.CC(C)(C)N1CCOCC1.CC(C)(C)N1CCS(=O)(=O)C1.CC(C)(C)N1CCSC1.CC(C)(C)N1CCSCC1.CC(C)(C)N1CNC(=O)C1. The Labute approximate surface area is 519 Å². The zero-order valence-electron chi connectivity index (χ0n) is 57.7. The summed E-state index contributed by atoms with van der Waals surface area (Å²) in [4.78, 5) is 42.6. The number of hydrogen-bond acceptors (Lipinski definition) is 17. The van der Waals surface area contributed by atoms with Crippen LogP contribution in [0.5, 0.6) is 0 Å². The van der Waals surface area contributed by atoms with Gasteiger partial charge in [0.2, 0.25) is 11.8 Å². The van der Waals surface area contributed by atoms with Gasteiger partial charge < -0.3 is 19.7 Å². The van der Waals surface area contributed by atoms with Gasteiger partial charge in [-0.3, -0.25) is 48.8 Å². The molecule has 8 saturated heterocycles. The van der Waals surface area contributed by atoms with Crippen molar-refractivity contribution in [2.75, 3.05) is 165 Å². The summed E-state index contributed by atoms with van der Waals surface area (Å²) >= 11 is 6.16. The monoisotopic (exact) mass is 1240 g/mol. The Kier molecular flexibility index (Phi) is 34.6. The number of thioether (sulfide) groups is 3. The molecule has 82 heavy (non-hydrogen) atoms. The number of rotatable bonds is 0. The molecule has 8 aliphatic heterocycles. The van der Waals surface area contributed by atoms with E-state index in [2.05, 4.69) is 209 Å². The van der Waals surface area contributed by atoms with Crippen molar-refractivity contribution < 1.29 is 27.5 Å². The summed E-state index contributed by atoms with van der Waals surface area (Å²) in [5.74, 6) is 8.65. The molecule has 0 spiro atoms. The Morgan fingerprint density at radius 3 is 1.05 bits per heavy atom. The summed E-state index contributed by atoms with van der Waals surface area (Å²) in [7, 11) is -2.75. The molecular weight excluding hydrogens is 1110 g/mol. The molecule has 1 N–H and O–H groups in total. The molecule has 8 heterocycles. The van der Waals surface area contributed by atoms with Gasteiger partial charge in [0, 0.05) is 159 Å². The maximum Gasteiger partial charge on any atom is 0.235 e. The fourth-order valence-corrected chi connectivity index (χ4v) is 14.2. The maximum atomic E-state index is 11.1. The van der Waals surface area contributed by atoms with E-state index in [0.717, 1.165) is 72.4 Å². The van der Waals surface area contributed by atoms with Gasteiger partial charge in [-0.1, -0.05) is 0 Å². The molecule has 0 saturated carbocycles. The van der Waals surface area contributed by atoms with Crippen LogP contribution in [0.2, 0.25) is 0 Å². The lowest BCUT2D eigenvalue weighted by Gasteiger charge is -2.42. The van der Waals surface area contributed by atoms with Gasteiger partial charge >= 0.3 is 0 Å². The Morgan fingerprint density at radius 2 is 0.805 bits per heavy atom. The first-order chi connectivity index (χ1) is 37.2. The minimum Gasteiger partial charge on any atom is -0.379 e. The first kappa shape index (κ1) is 79.6. The Bertz CT molecular complexity index is 1770. The van der Waals surface area contributed by atoms with Crippen molar-refractivity contribution in [3.05, 3.63) is 0 Å². The van der Waals surface area contributed by atoms with E-state index < -0.39 is 9.84 Å². The summed E-state index contributed by atoms with van der Waals surface area (Å²) in [6.07, 6.45) is 1.36. The molecule has 0 aliphatic carbocycles. The lowest BCUT2D eigenvalue weighted by Crippen LogP contribution is -2.54. The maximum absolute atomic E-state index is 11.1. The number of morpholine rings is 1. The molecule has 0 aromatic heterocycles. The van der Waals surface area contributed by atoms with E-state index in [-0.39, 0.29) is 39.8 Å². The van der Waals surface area contributed by atoms with Crippen molar-refractivity contribution in [1.29, 1.82) is 0 Å². The molecule has 2 amide bonds. The number of carbonyl (C=O) groups excluding carboxylic acids is 2. The lowest BCUT2D eigenvalue weighted by atomic mass is 10.1. The van der Waals surface area contributed by atoms with Gasteiger partial charge in [-0.2, -0.15) is 11.8 Å². The number of amides is 2. The van der Waals surface area contributed by atoms with Crippen LogP contribution in [-0.2, 0) is 28.9 Å². The number of ether oxygens (including phenoxy) is 2. The predicted octanol–water partition coefficient (Wildman–Crippen LogP) is 9.59. The van der Waals surface area contributed by atoms with Gasteiger partial charge in [-0.25, -0.2) is 8.42 Å². The molecule has 20 heteroatoms. The van der Waals surface area contributed by atoms with Crippen LogP contribution in [0.15, 0.2) is 0 Å². The fourth-order valence-electron chi connectivity index (χ4n) is 9.26. The van der Waals surface area contributed by atoms with Crippen LogP contribution in [0.3, 0.4) is 0 Å². The summed E-state index contributed by atoms with van der Waals surface area (Å²) in [5.41, 5.74) is 2.11. The summed E-state index contributed by atoms with van der Waals surface area (Å²) in [6, 6.07) is 0. The first-order valence-electron chi connectivity index (χ1n) is 30.9. The van der Waals surface area contributed by atoms with Gasteiger partial charge in [0.25, 0.3) is 0 Å². The quantitative estimate of drug-likeness (QED) is 0.247. The number of piperazine rings is 1. The normalized spacial score (nSPS) is 22.8. The van der Waals surface area contributed by atoms with Crippen LogP contribution in [-0.4, -0.2) is 273 Å². The van der Waals surface area contributed by atoms with E-state index in [9.17, 15) is 18.0 Å². The highest BCUT2D eigenvalue weighted by Gasteiger charge is 2.33. The van der Waals surface area contributed by atoms with Crippen molar-refractivity contribution in [2.24, 2.45) is 0 Å². The fraction of sp³-hybridized carbons (Fsp3) is 0.968. The second-order valence-corrected chi connectivity index (χ2v) is 36.1. The van der Waals surface area contributed by atoms with E-state index in [4.69, 9.17) is 9.47 Å². The number of hydrogen-bond donors (Lipinski definition) is 1. The average molecular weight is 1240 g/mol. The van der Waals surface area contributed by atoms with Crippen molar-refractivity contribution in [3.8, 4) is 0 Å². The average Bonchev–Trinajstić information content (AvgIpc) is 4.30. The number of nitrogens with one attached hydrogen (secondary N) is 1. The van der Waals surface area contributed by atoms with E-state index in [1.165, 1.54) is 67.4 Å². The summed E-state index contributed by atoms with van der Waals surface area (Å²) in [6.45, 7) is 72.3. The van der Waals surface area contributed by atoms with E-state index in [1.807, 2.05) is 42.3 Å². The molecule has 0 aromatic carbocycles. The highest BCUT2D eigenvalue weighted by Crippen LogP contribution is 2.25. The van der Waals surface area contributed by atoms with Gasteiger partial charge in [-0.05, 0) is 178 Å². The largest absolute Gasteiger partial charge is 0.379 e. The molecule has 0 bridgehead atoms. The third-order valence-corrected chi connectivity index (χ3v) is 20.1. The van der Waals surface area contributed by atoms with Gasteiger partial charge in [0.15, 0.2) is 9.84 Å². The highest BCUT2D eigenvalue weighted by molar-refractivity contribution is 7.99. The Balaban J connectivity index is 0.000000470. The standard InChI is InChI=1S/C10H20N2O.C8H17NO.2C8H17NS.C7H14N2O.C7H15NO2S.C7H15NO.C7H15NS/c1-9(13)11-5-7-12(8-6-11)10(2,3)4;2*1-8(2,3)9-4-6-10-7-5-9;1-8(2,3)9-5-4-6-10-7-9;1-7(2,3)9-4-6(10)8-5-9;1-7(2,3)8-4-5-11(9,10)6-8;2*1-7(2,3)8-4-5-9-6-8/h5-8H2,1-4H3;3*4-7H2,1-3H3;4-5H2,1-3H3,(H,8,10);4-6H2,1-3H3;2*4-6H2,1-3H3. The molecule has 16 nitrogen and oxygen atoms in total. The molecule has 488 valence electrons. The van der Waals surface area contributed by atoms with E-state index in [1.54, 1.807) is 6.92 Å². The molecular formula is C62H130N10O6S4. The number of nitrogens with zero attached hydrogens (tertiary/aromatic N) is 9. The summed E-state index contributed by atoms with van der Waals surface area (Å²) < 4.78 is 32.6. The third-order valence-electron chi connectivity index (χ3n) is 15.6. The molecule has 0 aromatic rings. The molecule has 8 rings (SSSR count). The van der Waals surface area contributed by atoms with Crippen LogP contribution in [0.4, 0.5) is 0 Å². The Morgan fingerprint density at radius 1 is 0.427 bits per heavy atom. The molecule has 8 fully saturated rings. The van der Waals surface area contributed by atoms with Gasteiger partial charge in [0.05, 0.1) is 45.5 Å². The van der Waals surface area contributed by atoms with Crippen LogP contribution >= 0.6 is 35.3 Å².